The van der Waals surface area contributed by atoms with E-state index in [1.54, 1.807) is 20.2 Å². The molecule has 2 fully saturated rings. The third kappa shape index (κ3) is 6.15. The minimum atomic E-state index is -3.64. The van der Waals surface area contributed by atoms with Gasteiger partial charge < -0.3 is 20.7 Å². The second kappa shape index (κ2) is 11.3. The maximum absolute atomic E-state index is 13.1. The van der Waals surface area contributed by atoms with Crippen LogP contribution in [0.25, 0.3) is 0 Å². The minimum absolute atomic E-state index is 0.0345. The Labute approximate surface area is 234 Å². The summed E-state index contributed by atoms with van der Waals surface area (Å²) in [6.07, 6.45) is 8.10. The van der Waals surface area contributed by atoms with Gasteiger partial charge in [-0.2, -0.15) is 10.1 Å². The Morgan fingerprint density at radius 1 is 1.18 bits per heavy atom. The van der Waals surface area contributed by atoms with Gasteiger partial charge in [-0.25, -0.2) is 13.4 Å². The van der Waals surface area contributed by atoms with Gasteiger partial charge in [0.05, 0.1) is 28.9 Å². The fraction of sp³-hybridized carbons (Fsp3) is 0.519. The Morgan fingerprint density at radius 2 is 1.92 bits per heavy atom. The average Bonchev–Trinajstić information content (AvgIpc) is 3.66. The van der Waals surface area contributed by atoms with Crippen LogP contribution in [0.1, 0.15) is 63.0 Å². The summed E-state index contributed by atoms with van der Waals surface area (Å²) in [4.78, 5) is 8.95. The summed E-state index contributed by atoms with van der Waals surface area (Å²) >= 11 is 6.43. The van der Waals surface area contributed by atoms with Gasteiger partial charge >= 0.3 is 0 Å². The Morgan fingerprint density at radius 3 is 2.62 bits per heavy atom. The third-order valence-corrected chi connectivity index (χ3v) is 9.89. The lowest BCUT2D eigenvalue weighted by atomic mass is 9.87. The molecule has 1 unspecified atom stereocenters. The fourth-order valence-electron chi connectivity index (χ4n) is 4.77. The molecule has 3 N–H and O–H groups in total. The number of benzene rings is 1. The van der Waals surface area contributed by atoms with E-state index in [1.807, 2.05) is 6.92 Å². The highest BCUT2D eigenvalue weighted by atomic mass is 35.5. The van der Waals surface area contributed by atoms with Crippen molar-refractivity contribution < 1.29 is 13.2 Å². The molecule has 0 amide bonds. The van der Waals surface area contributed by atoms with Gasteiger partial charge in [0.1, 0.15) is 10.8 Å². The van der Waals surface area contributed by atoms with Crippen LogP contribution in [0.15, 0.2) is 29.6 Å². The summed E-state index contributed by atoms with van der Waals surface area (Å²) < 4.78 is 33.9. The molecule has 10 nitrogen and oxygen atoms in total. The van der Waals surface area contributed by atoms with E-state index < -0.39 is 15.1 Å². The van der Waals surface area contributed by atoms with E-state index in [4.69, 9.17) is 16.3 Å². The monoisotopic (exact) mass is 573 g/mol. The minimum Gasteiger partial charge on any atom is -0.488 e. The lowest BCUT2D eigenvalue weighted by Crippen LogP contribution is -2.27. The third-order valence-electron chi connectivity index (χ3n) is 7.38. The highest BCUT2D eigenvalue weighted by Gasteiger charge is 2.29. The number of nitrogens with one attached hydrogen (secondary N) is 3. The molecule has 12 heteroatoms. The van der Waals surface area contributed by atoms with Crippen LogP contribution in [0.5, 0.6) is 5.75 Å². The number of halogens is 1. The van der Waals surface area contributed by atoms with E-state index in [2.05, 4.69) is 50.1 Å². The molecule has 1 aromatic carbocycles. The molecule has 5 rings (SSSR count). The van der Waals surface area contributed by atoms with Crippen molar-refractivity contribution >= 4 is 44.6 Å². The van der Waals surface area contributed by atoms with Crippen molar-refractivity contribution in [3.63, 3.8) is 0 Å². The molecule has 1 aliphatic carbocycles. The lowest BCUT2D eigenvalue weighted by molar-refractivity contribution is 0.304. The molecule has 1 aliphatic heterocycles. The van der Waals surface area contributed by atoms with Crippen LogP contribution >= 0.6 is 11.6 Å². The second-order valence-corrected chi connectivity index (χ2v) is 13.2. The molecular formula is C27H36ClN7O3S. The van der Waals surface area contributed by atoms with Gasteiger partial charge in [0.25, 0.3) is 0 Å². The van der Waals surface area contributed by atoms with E-state index >= 15 is 0 Å². The Balaban J connectivity index is 1.44. The predicted octanol–water partition coefficient (Wildman–Crippen LogP) is 5.24. The van der Waals surface area contributed by atoms with Gasteiger partial charge in [-0.15, -0.1) is 0 Å². The number of anilines is 4. The molecule has 39 heavy (non-hydrogen) atoms. The molecule has 210 valence electrons. The van der Waals surface area contributed by atoms with Crippen LogP contribution in [0, 0.1) is 6.92 Å². The van der Waals surface area contributed by atoms with E-state index in [0.29, 0.717) is 24.0 Å². The molecule has 0 radical (unpaired) electrons. The summed E-state index contributed by atoms with van der Waals surface area (Å²) in [7, 11) is -1.96. The fourth-order valence-corrected chi connectivity index (χ4v) is 6.39. The number of piperidine rings is 1. The van der Waals surface area contributed by atoms with Crippen LogP contribution < -0.4 is 20.7 Å². The van der Waals surface area contributed by atoms with Crippen molar-refractivity contribution in [3.05, 3.63) is 40.7 Å². The first-order chi connectivity index (χ1) is 18.7. The van der Waals surface area contributed by atoms with Gasteiger partial charge in [-0.1, -0.05) is 18.5 Å². The summed E-state index contributed by atoms with van der Waals surface area (Å²) in [5.41, 5.74) is 3.61. The molecular weight excluding hydrogens is 538 g/mol. The topological polar surface area (TPSA) is 123 Å². The second-order valence-electron chi connectivity index (χ2n) is 10.5. The summed E-state index contributed by atoms with van der Waals surface area (Å²) in [5.74, 6) is 1.88. The smallest absolute Gasteiger partial charge is 0.229 e. The number of hydrogen-bond donors (Lipinski definition) is 3. The number of ether oxygens (including phenoxy) is 1. The number of sulfone groups is 1. The Hall–Kier alpha value is -2.89. The normalized spacial score (nSPS) is 17.2. The number of nitrogens with zero attached hydrogens (tertiary/aromatic N) is 4. The summed E-state index contributed by atoms with van der Waals surface area (Å²) in [5, 5.41) is 13.7. The van der Waals surface area contributed by atoms with Crippen molar-refractivity contribution in [2.75, 3.05) is 23.7 Å². The zero-order valence-electron chi connectivity index (χ0n) is 22.8. The molecule has 1 saturated heterocycles. The lowest BCUT2D eigenvalue weighted by Gasteiger charge is -2.26. The molecule has 0 bridgehead atoms. The summed E-state index contributed by atoms with van der Waals surface area (Å²) in [6.45, 7) is 7.68. The van der Waals surface area contributed by atoms with Crippen molar-refractivity contribution in [3.8, 4) is 5.75 Å². The van der Waals surface area contributed by atoms with Crippen LogP contribution in [0.3, 0.4) is 0 Å². The summed E-state index contributed by atoms with van der Waals surface area (Å²) in [6, 6.07) is 4.26. The van der Waals surface area contributed by atoms with Gasteiger partial charge in [0.2, 0.25) is 20.8 Å². The maximum Gasteiger partial charge on any atom is 0.229 e. The predicted molar refractivity (Wildman–Crippen MR) is 153 cm³/mol. The van der Waals surface area contributed by atoms with Crippen LogP contribution in [-0.2, 0) is 16.9 Å². The molecule has 2 aliphatic rings. The van der Waals surface area contributed by atoms with E-state index in [-0.39, 0.29) is 22.0 Å². The van der Waals surface area contributed by atoms with Crippen molar-refractivity contribution in [2.45, 2.75) is 75.2 Å². The van der Waals surface area contributed by atoms with Gasteiger partial charge in [-0.3, -0.25) is 4.68 Å². The molecule has 0 spiro atoms. The van der Waals surface area contributed by atoms with E-state index in [9.17, 15) is 8.42 Å². The zero-order valence-corrected chi connectivity index (χ0v) is 24.4. The first kappa shape index (κ1) is 27.7. The van der Waals surface area contributed by atoms with Crippen molar-refractivity contribution in [1.82, 2.24) is 25.1 Å². The van der Waals surface area contributed by atoms with Gasteiger partial charge in [-0.05, 0) is 88.2 Å². The van der Waals surface area contributed by atoms with Crippen molar-refractivity contribution in [1.29, 1.82) is 0 Å². The number of hydrogen-bond acceptors (Lipinski definition) is 9. The zero-order chi connectivity index (χ0) is 27.7. The molecule has 1 atom stereocenters. The Bertz CT molecular complexity index is 1450. The highest BCUT2D eigenvalue weighted by molar-refractivity contribution is 7.92. The Kier molecular flexibility index (Phi) is 8.02. The quantitative estimate of drug-likeness (QED) is 0.299. The first-order valence-electron chi connectivity index (χ1n) is 13.5. The SMILES string of the molecule is CCC(C)S(=O)(=O)c1nn(C)cc1Nc1nc(Nc2cc(C)c(C3CCNCC3)cc2OC2CC2)ncc1Cl. The van der Waals surface area contributed by atoms with Crippen LogP contribution in [0.4, 0.5) is 23.1 Å². The molecule has 1 saturated carbocycles. The average molecular weight is 574 g/mol. The number of aromatic nitrogens is 4. The van der Waals surface area contributed by atoms with E-state index in [1.165, 1.54) is 22.0 Å². The maximum atomic E-state index is 13.1. The molecule has 3 heterocycles. The van der Waals surface area contributed by atoms with Crippen LogP contribution in [0.2, 0.25) is 5.02 Å². The number of rotatable bonds is 10. The highest BCUT2D eigenvalue weighted by Crippen LogP contribution is 2.39. The largest absolute Gasteiger partial charge is 0.488 e. The van der Waals surface area contributed by atoms with Crippen LogP contribution in [-0.4, -0.2) is 52.6 Å². The molecule has 3 aromatic rings. The molecule has 2 aromatic heterocycles. The first-order valence-corrected chi connectivity index (χ1v) is 15.4. The van der Waals surface area contributed by atoms with Crippen molar-refractivity contribution in [2.24, 2.45) is 7.05 Å². The standard InChI is InChI=1S/C27H36ClN7O3S/c1-5-17(3)39(36,37)26-23(15-35(4)34-26)31-25-21(28)14-30-27(33-25)32-22-12-16(2)20(18-8-10-29-11-9-18)13-24(22)38-19-6-7-19/h12-15,17-19,29H,5-11H2,1-4H3,(H2,30,31,32,33). The van der Waals surface area contributed by atoms with Gasteiger partial charge in [0, 0.05) is 13.2 Å². The number of aryl methyl sites for hydroxylation is 2. The van der Waals surface area contributed by atoms with E-state index in [0.717, 1.165) is 50.2 Å². The van der Waals surface area contributed by atoms with Gasteiger partial charge in [0.15, 0.2) is 5.82 Å².